The van der Waals surface area contributed by atoms with Crippen LogP contribution in [0.15, 0.2) is 29.6 Å². The number of rotatable bonds is 3. The fraction of sp³-hybridized carbons (Fsp3) is 0.167. The smallest absolute Gasteiger partial charge is 0.178 e. The summed E-state index contributed by atoms with van der Waals surface area (Å²) in [6.07, 6.45) is 0.645. The van der Waals surface area contributed by atoms with Crippen LogP contribution >= 0.6 is 11.3 Å². The van der Waals surface area contributed by atoms with Gasteiger partial charge in [-0.05, 0) is 17.7 Å². The molecule has 0 unspecified atom stereocenters. The van der Waals surface area contributed by atoms with E-state index >= 15 is 0 Å². The maximum absolute atomic E-state index is 11.1. The van der Waals surface area contributed by atoms with Crippen molar-refractivity contribution in [1.82, 2.24) is 4.98 Å². The van der Waals surface area contributed by atoms with Crippen molar-refractivity contribution in [2.24, 2.45) is 0 Å². The van der Waals surface area contributed by atoms with Crippen molar-refractivity contribution in [3.63, 3.8) is 0 Å². The molecule has 4 heteroatoms. The van der Waals surface area contributed by atoms with Gasteiger partial charge in [0.05, 0.1) is 5.01 Å². The molecule has 0 aliphatic rings. The number of ketones is 1. The van der Waals surface area contributed by atoms with Crippen molar-refractivity contribution in [3.05, 3.63) is 45.9 Å². The molecule has 0 amide bonds. The molecule has 1 N–H and O–H groups in total. The van der Waals surface area contributed by atoms with Gasteiger partial charge in [0.25, 0.3) is 0 Å². The molecule has 0 fully saturated rings. The predicted molar refractivity (Wildman–Crippen MR) is 63.0 cm³/mol. The lowest BCUT2D eigenvalue weighted by atomic mass is 10.1. The summed E-state index contributed by atoms with van der Waals surface area (Å²) in [6, 6.07) is 7.06. The molecule has 2 aromatic rings. The summed E-state index contributed by atoms with van der Waals surface area (Å²) in [6.45, 7) is 1.51. The van der Waals surface area contributed by atoms with Crippen molar-refractivity contribution < 1.29 is 9.90 Å². The van der Waals surface area contributed by atoms with Crippen molar-refractivity contribution >= 4 is 17.1 Å². The van der Waals surface area contributed by atoms with Crippen LogP contribution in [-0.2, 0) is 6.42 Å². The largest absolute Gasteiger partial charge is 0.508 e. The third-order valence-corrected chi connectivity index (χ3v) is 3.03. The van der Waals surface area contributed by atoms with Crippen LogP contribution in [0.4, 0.5) is 0 Å². The Bertz CT molecular complexity index is 519. The summed E-state index contributed by atoms with van der Waals surface area (Å²) < 4.78 is 0. The summed E-state index contributed by atoms with van der Waals surface area (Å²) in [4.78, 5) is 15.3. The number of thiazole rings is 1. The number of phenolic OH excluding ortho intramolecular Hbond substituents is 1. The second-order valence-electron chi connectivity index (χ2n) is 3.53. The van der Waals surface area contributed by atoms with E-state index in [1.807, 2.05) is 6.07 Å². The van der Waals surface area contributed by atoms with E-state index in [-0.39, 0.29) is 11.5 Å². The number of hydrogen-bond acceptors (Lipinski definition) is 4. The first-order chi connectivity index (χ1) is 7.65. The minimum Gasteiger partial charge on any atom is -0.508 e. The van der Waals surface area contributed by atoms with Crippen LogP contribution in [0.25, 0.3) is 0 Å². The van der Waals surface area contributed by atoms with Gasteiger partial charge in [0, 0.05) is 18.7 Å². The van der Waals surface area contributed by atoms with Crippen LogP contribution in [0, 0.1) is 0 Å². The molecule has 0 atom stereocenters. The molecule has 1 aromatic carbocycles. The van der Waals surface area contributed by atoms with Crippen molar-refractivity contribution in [1.29, 1.82) is 0 Å². The minimum atomic E-state index is -0.0154. The number of hydrogen-bond donors (Lipinski definition) is 1. The standard InChI is InChI=1S/C12H11NO2S/c1-8(14)11-7-16-12(13-11)6-9-3-2-4-10(15)5-9/h2-5,7,15H,6H2,1H3. The van der Waals surface area contributed by atoms with Crippen LogP contribution in [0.3, 0.4) is 0 Å². The van der Waals surface area contributed by atoms with Gasteiger partial charge in [-0.3, -0.25) is 4.79 Å². The first kappa shape index (κ1) is 10.8. The summed E-state index contributed by atoms with van der Waals surface area (Å²) >= 11 is 1.46. The van der Waals surface area contributed by atoms with E-state index in [4.69, 9.17) is 0 Å². The molecule has 0 aliphatic heterocycles. The van der Waals surface area contributed by atoms with Gasteiger partial charge >= 0.3 is 0 Å². The van der Waals surface area contributed by atoms with Gasteiger partial charge < -0.3 is 5.11 Å². The van der Waals surface area contributed by atoms with Gasteiger partial charge in [-0.15, -0.1) is 11.3 Å². The van der Waals surface area contributed by atoms with Crippen LogP contribution < -0.4 is 0 Å². The summed E-state index contributed by atoms with van der Waals surface area (Å²) in [5.74, 6) is 0.235. The van der Waals surface area contributed by atoms with Gasteiger partial charge in [-0.25, -0.2) is 4.98 Å². The number of Topliss-reactive ketones (excluding diaryl/α,β-unsaturated/α-hetero) is 1. The summed E-state index contributed by atoms with van der Waals surface area (Å²) in [7, 11) is 0. The number of carbonyl (C=O) groups excluding carboxylic acids is 1. The van der Waals surface area contributed by atoms with E-state index in [1.54, 1.807) is 23.6 Å². The summed E-state index contributed by atoms with van der Waals surface area (Å²) in [5, 5.41) is 12.0. The quantitative estimate of drug-likeness (QED) is 0.829. The first-order valence-corrected chi connectivity index (χ1v) is 5.76. The van der Waals surface area contributed by atoms with E-state index in [0.717, 1.165) is 10.6 Å². The molecule has 1 heterocycles. The average Bonchev–Trinajstić information content (AvgIpc) is 2.66. The van der Waals surface area contributed by atoms with Gasteiger partial charge in [0.2, 0.25) is 0 Å². The van der Waals surface area contributed by atoms with Crippen molar-refractivity contribution in [3.8, 4) is 5.75 Å². The Morgan fingerprint density at radius 1 is 1.50 bits per heavy atom. The number of aromatic hydroxyl groups is 1. The lowest BCUT2D eigenvalue weighted by Crippen LogP contribution is -1.93. The average molecular weight is 233 g/mol. The van der Waals surface area contributed by atoms with E-state index in [1.165, 1.54) is 18.3 Å². The Labute approximate surface area is 97.4 Å². The molecule has 82 valence electrons. The number of benzene rings is 1. The monoisotopic (exact) mass is 233 g/mol. The molecule has 2 rings (SSSR count). The zero-order valence-electron chi connectivity index (χ0n) is 8.80. The number of carbonyl (C=O) groups is 1. The molecule has 3 nitrogen and oxygen atoms in total. The molecule has 0 bridgehead atoms. The Hall–Kier alpha value is -1.68. The first-order valence-electron chi connectivity index (χ1n) is 4.88. The van der Waals surface area contributed by atoms with E-state index in [2.05, 4.69) is 4.98 Å². The highest BCUT2D eigenvalue weighted by atomic mass is 32.1. The zero-order valence-corrected chi connectivity index (χ0v) is 9.62. The Morgan fingerprint density at radius 3 is 2.94 bits per heavy atom. The molecule has 0 radical (unpaired) electrons. The predicted octanol–water partition coefficient (Wildman–Crippen LogP) is 2.64. The Balaban J connectivity index is 2.17. The second-order valence-corrected chi connectivity index (χ2v) is 4.47. The van der Waals surface area contributed by atoms with Gasteiger partial charge in [-0.1, -0.05) is 12.1 Å². The lowest BCUT2D eigenvalue weighted by Gasteiger charge is -1.98. The second kappa shape index (κ2) is 4.45. The van der Waals surface area contributed by atoms with E-state index in [0.29, 0.717) is 12.1 Å². The van der Waals surface area contributed by atoms with Crippen LogP contribution in [0.5, 0.6) is 5.75 Å². The molecule has 0 saturated heterocycles. The number of nitrogens with zero attached hydrogens (tertiary/aromatic N) is 1. The molecular weight excluding hydrogens is 222 g/mol. The third kappa shape index (κ3) is 2.46. The number of phenols is 1. The maximum atomic E-state index is 11.1. The highest BCUT2D eigenvalue weighted by Gasteiger charge is 2.06. The molecule has 0 aliphatic carbocycles. The zero-order chi connectivity index (χ0) is 11.5. The highest BCUT2D eigenvalue weighted by molar-refractivity contribution is 7.09. The highest BCUT2D eigenvalue weighted by Crippen LogP contribution is 2.18. The minimum absolute atomic E-state index is 0.0154. The normalized spacial score (nSPS) is 10.3. The molecule has 0 saturated carbocycles. The fourth-order valence-corrected chi connectivity index (χ4v) is 2.26. The maximum Gasteiger partial charge on any atom is 0.178 e. The Morgan fingerprint density at radius 2 is 2.31 bits per heavy atom. The van der Waals surface area contributed by atoms with Crippen LogP contribution in [0.2, 0.25) is 0 Å². The van der Waals surface area contributed by atoms with Gasteiger partial charge in [-0.2, -0.15) is 0 Å². The van der Waals surface area contributed by atoms with Crippen LogP contribution in [0.1, 0.15) is 28.0 Å². The van der Waals surface area contributed by atoms with Crippen molar-refractivity contribution in [2.75, 3.05) is 0 Å². The van der Waals surface area contributed by atoms with E-state index < -0.39 is 0 Å². The third-order valence-electron chi connectivity index (χ3n) is 2.18. The fourth-order valence-electron chi connectivity index (χ4n) is 1.39. The summed E-state index contributed by atoms with van der Waals surface area (Å²) in [5.41, 5.74) is 1.50. The molecule has 0 spiro atoms. The molecule has 16 heavy (non-hydrogen) atoms. The molecule has 1 aromatic heterocycles. The lowest BCUT2D eigenvalue weighted by molar-refractivity contribution is 0.101. The molecular formula is C12H11NO2S. The Kier molecular flexibility index (Phi) is 3.01. The van der Waals surface area contributed by atoms with Gasteiger partial charge in [0.1, 0.15) is 11.4 Å². The van der Waals surface area contributed by atoms with Crippen molar-refractivity contribution in [2.45, 2.75) is 13.3 Å². The van der Waals surface area contributed by atoms with Gasteiger partial charge in [0.15, 0.2) is 5.78 Å². The van der Waals surface area contributed by atoms with Crippen LogP contribution in [-0.4, -0.2) is 15.9 Å². The topological polar surface area (TPSA) is 50.2 Å². The van der Waals surface area contributed by atoms with E-state index in [9.17, 15) is 9.90 Å². The number of aromatic nitrogens is 1. The SMILES string of the molecule is CC(=O)c1csc(Cc2cccc(O)c2)n1.